The molecule has 14 heteroatoms. The molecule has 0 aromatic heterocycles. The van der Waals surface area contributed by atoms with Gasteiger partial charge in [0, 0.05) is 13.1 Å². The largest absolute Gasteiger partial charge is 0.469 e. The fourth-order valence-corrected chi connectivity index (χ4v) is 7.38. The number of benzene rings is 1. The molecule has 0 radical (unpaired) electrons. The summed E-state index contributed by atoms with van der Waals surface area (Å²) in [4.78, 5) is 39.9. The Morgan fingerprint density at radius 3 is 2.22 bits per heavy atom. The quantitative estimate of drug-likeness (QED) is 0.151. The lowest BCUT2D eigenvalue weighted by atomic mass is 9.82. The number of aliphatic hydroxyl groups is 2. The molecule has 3 rings (SSSR count). The molecule has 2 aliphatic rings. The van der Waals surface area contributed by atoms with Gasteiger partial charge in [0.2, 0.25) is 11.8 Å². The topological polar surface area (TPSA) is 184 Å². The number of amides is 2. The summed E-state index contributed by atoms with van der Waals surface area (Å²) in [6, 6.07) is 5.24. The Hall–Kier alpha value is -2.62. The molecule has 1 aliphatic heterocycles. The number of ether oxygens (including phenoxy) is 2. The van der Waals surface area contributed by atoms with Gasteiger partial charge < -0.3 is 30.3 Å². The Morgan fingerprint density at radius 1 is 0.978 bits per heavy atom. The molecule has 46 heavy (non-hydrogen) atoms. The zero-order chi connectivity index (χ0) is 33.7. The number of carbonyl (C=O) groups is 3. The van der Waals surface area contributed by atoms with Gasteiger partial charge in [-0.05, 0) is 36.7 Å². The van der Waals surface area contributed by atoms with Crippen LogP contribution in [0, 0.1) is 11.8 Å². The highest BCUT2D eigenvalue weighted by atomic mass is 32.2. The van der Waals surface area contributed by atoms with E-state index in [0.29, 0.717) is 18.4 Å². The summed E-state index contributed by atoms with van der Waals surface area (Å²) in [5, 5.41) is 27.3. The Balaban J connectivity index is 1.84. The molecule has 1 saturated heterocycles. The maximum atomic E-state index is 13.8. The van der Waals surface area contributed by atoms with Crippen molar-refractivity contribution >= 4 is 28.0 Å². The van der Waals surface area contributed by atoms with Gasteiger partial charge in [-0.15, -0.1) is 0 Å². The summed E-state index contributed by atoms with van der Waals surface area (Å²) >= 11 is 0. The van der Waals surface area contributed by atoms with Gasteiger partial charge in [-0.25, -0.2) is 0 Å². The molecule has 5 N–H and O–H groups in total. The van der Waals surface area contributed by atoms with Crippen molar-refractivity contribution in [3.05, 3.63) is 35.9 Å². The summed E-state index contributed by atoms with van der Waals surface area (Å²) in [6.45, 7) is 4.53. The standard InChI is InChI=1S/C32H52N4O9S/c1-22(2)18-28(37)30(39)25(19-23-10-6-4-7-11-23)33-31(40)26(21-29(38)44-3)34-32(41)27(20-24-12-8-5-9-13-24)35-46(42,43)36-14-16-45-17-15-36/h5,8-9,12-13,22-23,25-28,30,35,37,39H,4,6-7,10-11,14-21H2,1-3H3,(H,33,40)(H,34,41)/t25-,26?,27-,28+,30+/m0/s1. The number of rotatable bonds is 17. The van der Waals surface area contributed by atoms with Crippen molar-refractivity contribution in [3.63, 3.8) is 0 Å². The summed E-state index contributed by atoms with van der Waals surface area (Å²) in [5.41, 5.74) is 0.677. The third kappa shape index (κ3) is 12.2. The summed E-state index contributed by atoms with van der Waals surface area (Å²) in [6.07, 6.45) is 2.93. The van der Waals surface area contributed by atoms with Crippen LogP contribution >= 0.6 is 0 Å². The molecular formula is C32H52N4O9S. The predicted octanol–water partition coefficient (Wildman–Crippen LogP) is 1.04. The average molecular weight is 669 g/mol. The van der Waals surface area contributed by atoms with Crippen molar-refractivity contribution < 1.29 is 42.5 Å². The zero-order valence-electron chi connectivity index (χ0n) is 27.2. The summed E-state index contributed by atoms with van der Waals surface area (Å²) in [5.74, 6) is -1.99. The second kappa shape index (κ2) is 18.6. The van der Waals surface area contributed by atoms with Crippen LogP contribution in [-0.4, -0.2) is 104 Å². The molecule has 1 aromatic rings. The molecule has 1 saturated carbocycles. The predicted molar refractivity (Wildman–Crippen MR) is 172 cm³/mol. The molecule has 260 valence electrons. The molecule has 2 fully saturated rings. The first-order valence-electron chi connectivity index (χ1n) is 16.3. The van der Waals surface area contributed by atoms with Crippen LogP contribution in [0.1, 0.15) is 70.8 Å². The third-order valence-corrected chi connectivity index (χ3v) is 10.2. The van der Waals surface area contributed by atoms with E-state index in [1.54, 1.807) is 30.3 Å². The van der Waals surface area contributed by atoms with Gasteiger partial charge in [0.1, 0.15) is 18.2 Å². The van der Waals surface area contributed by atoms with Crippen molar-refractivity contribution in [3.8, 4) is 0 Å². The van der Waals surface area contributed by atoms with Crippen LogP contribution in [0.5, 0.6) is 0 Å². The summed E-state index contributed by atoms with van der Waals surface area (Å²) < 4.78 is 40.2. The first kappa shape index (κ1) is 37.8. The van der Waals surface area contributed by atoms with E-state index >= 15 is 0 Å². The number of hydrogen-bond acceptors (Lipinski definition) is 9. The van der Waals surface area contributed by atoms with E-state index in [1.165, 1.54) is 4.31 Å². The number of nitrogens with zero attached hydrogens (tertiary/aromatic N) is 1. The maximum Gasteiger partial charge on any atom is 0.308 e. The van der Waals surface area contributed by atoms with Gasteiger partial charge in [-0.2, -0.15) is 17.4 Å². The van der Waals surface area contributed by atoms with Gasteiger partial charge in [-0.3, -0.25) is 14.4 Å². The zero-order valence-corrected chi connectivity index (χ0v) is 28.0. The monoisotopic (exact) mass is 668 g/mol. The third-order valence-electron chi connectivity index (χ3n) is 8.59. The smallest absolute Gasteiger partial charge is 0.308 e. The van der Waals surface area contributed by atoms with Gasteiger partial charge in [0.15, 0.2) is 0 Å². The van der Waals surface area contributed by atoms with E-state index in [4.69, 9.17) is 9.47 Å². The lowest BCUT2D eigenvalue weighted by Crippen LogP contribution is -2.59. The second-order valence-electron chi connectivity index (χ2n) is 12.8. The number of carbonyl (C=O) groups excluding carboxylic acids is 3. The van der Waals surface area contributed by atoms with E-state index < -0.39 is 64.7 Å². The van der Waals surface area contributed by atoms with Crippen LogP contribution < -0.4 is 15.4 Å². The molecule has 0 bridgehead atoms. The Morgan fingerprint density at radius 2 is 1.61 bits per heavy atom. The molecule has 0 spiro atoms. The lowest BCUT2D eigenvalue weighted by molar-refractivity contribution is -0.144. The van der Waals surface area contributed by atoms with Crippen LogP contribution in [0.15, 0.2) is 30.3 Å². The first-order valence-corrected chi connectivity index (χ1v) is 17.8. The van der Waals surface area contributed by atoms with Crippen LogP contribution in [-0.2, 0) is 40.5 Å². The fourth-order valence-electron chi connectivity index (χ4n) is 6.05. The fraction of sp³-hybridized carbons (Fsp3) is 0.719. The number of aliphatic hydroxyl groups excluding tert-OH is 2. The molecule has 1 aromatic carbocycles. The SMILES string of the molecule is COC(=O)CC(NC(=O)[C@H](Cc1ccccc1)NS(=O)(=O)N1CCOCC1)C(=O)N[C@@H](CC1CCCCC1)[C@@H](O)[C@H](O)CC(C)C. The number of morpholine rings is 1. The van der Waals surface area contributed by atoms with Crippen LogP contribution in [0.2, 0.25) is 0 Å². The van der Waals surface area contributed by atoms with Crippen LogP contribution in [0.4, 0.5) is 0 Å². The highest BCUT2D eigenvalue weighted by Gasteiger charge is 2.36. The minimum atomic E-state index is -4.11. The average Bonchev–Trinajstić information content (AvgIpc) is 3.04. The van der Waals surface area contributed by atoms with Crippen molar-refractivity contribution in [1.29, 1.82) is 0 Å². The van der Waals surface area contributed by atoms with Gasteiger partial charge in [-0.1, -0.05) is 76.3 Å². The maximum absolute atomic E-state index is 13.8. The molecular weight excluding hydrogens is 616 g/mol. The summed E-state index contributed by atoms with van der Waals surface area (Å²) in [7, 11) is -2.95. The minimum absolute atomic E-state index is 0.0206. The first-order chi connectivity index (χ1) is 21.9. The minimum Gasteiger partial charge on any atom is -0.469 e. The molecule has 1 unspecified atom stereocenters. The van der Waals surface area contributed by atoms with Crippen molar-refractivity contribution in [2.45, 2.75) is 102 Å². The molecule has 13 nitrogen and oxygen atoms in total. The van der Waals surface area contributed by atoms with E-state index in [1.807, 2.05) is 13.8 Å². The molecule has 2 amide bonds. The second-order valence-corrected chi connectivity index (χ2v) is 14.5. The van der Waals surface area contributed by atoms with Crippen molar-refractivity contribution in [2.75, 3.05) is 33.4 Å². The number of esters is 1. The van der Waals surface area contributed by atoms with Gasteiger partial charge in [0.05, 0.1) is 38.9 Å². The van der Waals surface area contributed by atoms with Crippen LogP contribution in [0.25, 0.3) is 0 Å². The Bertz CT molecular complexity index is 1210. The van der Waals surface area contributed by atoms with E-state index in [-0.39, 0.29) is 44.6 Å². The highest BCUT2D eigenvalue weighted by molar-refractivity contribution is 7.87. The van der Waals surface area contributed by atoms with Crippen LogP contribution in [0.3, 0.4) is 0 Å². The molecule has 5 atom stereocenters. The molecule has 1 aliphatic carbocycles. The van der Waals surface area contributed by atoms with Crippen molar-refractivity contribution in [1.82, 2.24) is 19.7 Å². The number of methoxy groups -OCH3 is 1. The van der Waals surface area contributed by atoms with E-state index in [0.717, 1.165) is 39.2 Å². The van der Waals surface area contributed by atoms with E-state index in [9.17, 15) is 33.0 Å². The van der Waals surface area contributed by atoms with Crippen molar-refractivity contribution in [2.24, 2.45) is 11.8 Å². The lowest BCUT2D eigenvalue weighted by Gasteiger charge is -2.34. The normalized spacial score (nSPS) is 19.9. The Kier molecular flexibility index (Phi) is 15.3. The van der Waals surface area contributed by atoms with Gasteiger partial charge >= 0.3 is 5.97 Å². The number of hydrogen-bond donors (Lipinski definition) is 5. The van der Waals surface area contributed by atoms with Gasteiger partial charge in [0.25, 0.3) is 10.2 Å². The number of nitrogens with one attached hydrogen (secondary N) is 3. The Labute approximate surface area is 273 Å². The van der Waals surface area contributed by atoms with E-state index in [2.05, 4.69) is 15.4 Å². The molecule has 1 heterocycles. The highest BCUT2D eigenvalue weighted by Crippen LogP contribution is 2.29.